The van der Waals surface area contributed by atoms with Gasteiger partial charge >= 0.3 is 0 Å². The van der Waals surface area contributed by atoms with Crippen LogP contribution in [0.4, 0.5) is 0 Å². The van der Waals surface area contributed by atoms with Crippen LogP contribution in [-0.2, 0) is 12.8 Å². The van der Waals surface area contributed by atoms with E-state index in [2.05, 4.69) is 20.1 Å². The molecule has 0 aliphatic rings. The Balaban J connectivity index is 1.62. The van der Waals surface area contributed by atoms with E-state index >= 15 is 0 Å². The Kier molecular flexibility index (Phi) is 3.43. The number of aromatic nitrogens is 6. The molecule has 0 radical (unpaired) electrons. The third kappa shape index (κ3) is 2.54. The van der Waals surface area contributed by atoms with Gasteiger partial charge in [0.2, 0.25) is 5.78 Å². The van der Waals surface area contributed by atoms with Crippen LogP contribution in [0.2, 0.25) is 10.0 Å². The summed E-state index contributed by atoms with van der Waals surface area (Å²) in [7, 11) is 0. The Hall–Kier alpha value is -2.18. The van der Waals surface area contributed by atoms with Crippen molar-refractivity contribution in [2.45, 2.75) is 19.8 Å². The topological polar surface area (TPSA) is 60.4 Å². The van der Waals surface area contributed by atoms with E-state index in [1.54, 1.807) is 16.8 Å². The molecule has 0 N–H and O–H groups in total. The Bertz CT molecular complexity index is 987. The van der Waals surface area contributed by atoms with E-state index in [0.29, 0.717) is 33.7 Å². The third-order valence-electron chi connectivity index (χ3n) is 3.67. The second-order valence-electron chi connectivity index (χ2n) is 5.25. The summed E-state index contributed by atoms with van der Waals surface area (Å²) in [4.78, 5) is 13.2. The Labute approximate surface area is 141 Å². The predicted octanol–water partition coefficient (Wildman–Crippen LogP) is 3.17. The highest BCUT2D eigenvalue weighted by atomic mass is 35.5. The molecule has 0 aliphatic carbocycles. The summed E-state index contributed by atoms with van der Waals surface area (Å²) in [5.41, 5.74) is 2.39. The van der Waals surface area contributed by atoms with Crippen LogP contribution in [0.1, 0.15) is 17.2 Å². The monoisotopic (exact) mass is 346 g/mol. The molecule has 4 aromatic heterocycles. The number of rotatable bonds is 3. The molecule has 0 atom stereocenters. The highest BCUT2D eigenvalue weighted by Gasteiger charge is 2.12. The van der Waals surface area contributed by atoms with Crippen LogP contribution in [0.5, 0.6) is 0 Å². The lowest BCUT2D eigenvalue weighted by Gasteiger charge is -2.01. The zero-order valence-corrected chi connectivity index (χ0v) is 13.8. The molecule has 4 aromatic rings. The van der Waals surface area contributed by atoms with E-state index in [1.807, 2.05) is 29.8 Å². The minimum Gasteiger partial charge on any atom is -0.291 e. The molecular weight excluding hydrogens is 335 g/mol. The molecule has 0 saturated carbocycles. The molecule has 4 rings (SSSR count). The lowest BCUT2D eigenvalue weighted by molar-refractivity contribution is 0.814. The lowest BCUT2D eigenvalue weighted by Crippen LogP contribution is -1.97. The number of hydrogen-bond donors (Lipinski definition) is 0. The number of pyridine rings is 1. The number of fused-ring (bicyclic) bond motifs is 2. The van der Waals surface area contributed by atoms with Crippen LogP contribution in [0, 0.1) is 6.92 Å². The van der Waals surface area contributed by atoms with Gasteiger partial charge in [0.1, 0.15) is 0 Å². The Morgan fingerprint density at radius 2 is 2.00 bits per heavy atom. The van der Waals surface area contributed by atoms with E-state index < -0.39 is 0 Å². The van der Waals surface area contributed by atoms with Crippen LogP contribution in [0.15, 0.2) is 30.7 Å². The minimum atomic E-state index is 0.497. The van der Waals surface area contributed by atoms with Gasteiger partial charge in [0, 0.05) is 25.0 Å². The number of aryl methyl sites for hydroxylation is 3. The van der Waals surface area contributed by atoms with Crippen molar-refractivity contribution >= 4 is 34.6 Å². The number of halogens is 2. The van der Waals surface area contributed by atoms with Gasteiger partial charge in [0.05, 0.1) is 21.4 Å². The van der Waals surface area contributed by atoms with Crippen molar-refractivity contribution < 1.29 is 0 Å². The van der Waals surface area contributed by atoms with Gasteiger partial charge in [-0.15, -0.1) is 0 Å². The van der Waals surface area contributed by atoms with E-state index in [1.165, 1.54) is 0 Å². The molecule has 0 spiro atoms. The fourth-order valence-electron chi connectivity index (χ4n) is 2.47. The molecular formula is C15H12Cl2N6. The second kappa shape index (κ2) is 5.47. The van der Waals surface area contributed by atoms with Crippen LogP contribution in [-0.4, -0.2) is 29.0 Å². The fraction of sp³-hybridized carbons (Fsp3) is 0.200. The number of nitrogens with zero attached hydrogens (tertiary/aromatic N) is 6. The maximum absolute atomic E-state index is 6.19. The normalized spacial score (nSPS) is 11.6. The zero-order valence-electron chi connectivity index (χ0n) is 12.2. The van der Waals surface area contributed by atoms with Crippen molar-refractivity contribution in [1.82, 2.24) is 29.0 Å². The number of imidazole rings is 1. The SMILES string of the molecule is Cc1c(Cl)cc(Cl)c2nc(CCc3cn4cccnc4n3)nn12. The molecule has 6 nitrogen and oxygen atoms in total. The van der Waals surface area contributed by atoms with Crippen molar-refractivity contribution in [2.75, 3.05) is 0 Å². The van der Waals surface area contributed by atoms with Gasteiger partial charge in [-0.1, -0.05) is 23.2 Å². The highest BCUT2D eigenvalue weighted by molar-refractivity contribution is 6.36. The molecule has 0 unspecified atom stereocenters. The summed E-state index contributed by atoms with van der Waals surface area (Å²) >= 11 is 12.3. The molecule has 0 bridgehead atoms. The maximum Gasteiger partial charge on any atom is 0.233 e. The van der Waals surface area contributed by atoms with Gasteiger partial charge in [0.25, 0.3) is 0 Å². The largest absolute Gasteiger partial charge is 0.291 e. The molecule has 4 heterocycles. The maximum atomic E-state index is 6.19. The summed E-state index contributed by atoms with van der Waals surface area (Å²) < 4.78 is 3.58. The summed E-state index contributed by atoms with van der Waals surface area (Å²) in [5.74, 6) is 1.40. The van der Waals surface area contributed by atoms with Gasteiger partial charge < -0.3 is 0 Å². The van der Waals surface area contributed by atoms with Gasteiger partial charge in [0.15, 0.2) is 11.5 Å². The van der Waals surface area contributed by atoms with Gasteiger partial charge in [-0.05, 0) is 25.5 Å². The highest BCUT2D eigenvalue weighted by Crippen LogP contribution is 2.24. The van der Waals surface area contributed by atoms with Crippen LogP contribution in [0.3, 0.4) is 0 Å². The first kappa shape index (κ1) is 14.4. The van der Waals surface area contributed by atoms with Crippen molar-refractivity contribution in [1.29, 1.82) is 0 Å². The zero-order chi connectivity index (χ0) is 16.0. The molecule has 0 aromatic carbocycles. The van der Waals surface area contributed by atoms with Crippen LogP contribution < -0.4 is 0 Å². The van der Waals surface area contributed by atoms with Crippen molar-refractivity contribution in [3.05, 3.63) is 58.0 Å². The second-order valence-corrected chi connectivity index (χ2v) is 6.06. The molecule has 0 aliphatic heterocycles. The predicted molar refractivity (Wildman–Crippen MR) is 88.1 cm³/mol. The van der Waals surface area contributed by atoms with E-state index in [9.17, 15) is 0 Å². The lowest BCUT2D eigenvalue weighted by atomic mass is 10.2. The summed E-state index contributed by atoms with van der Waals surface area (Å²) in [6.07, 6.45) is 7.01. The Morgan fingerprint density at radius 1 is 1.13 bits per heavy atom. The standard InChI is InChI=1S/C15H12Cl2N6/c1-9-11(16)7-12(17)14-20-13(21-23(9)14)4-3-10-8-22-6-2-5-18-15(22)19-10/h2,5-8H,3-4H2,1H3. The quantitative estimate of drug-likeness (QED) is 0.571. The average Bonchev–Trinajstić information content (AvgIpc) is 3.14. The molecule has 0 saturated heterocycles. The molecule has 8 heteroatoms. The first-order valence-electron chi connectivity index (χ1n) is 7.10. The van der Waals surface area contributed by atoms with E-state index in [0.717, 1.165) is 17.8 Å². The fourth-order valence-corrected chi connectivity index (χ4v) is 2.95. The van der Waals surface area contributed by atoms with Crippen molar-refractivity contribution in [2.24, 2.45) is 0 Å². The summed E-state index contributed by atoms with van der Waals surface area (Å²) in [5, 5.41) is 5.56. The van der Waals surface area contributed by atoms with Gasteiger partial charge in [-0.25, -0.2) is 19.5 Å². The number of hydrogen-bond acceptors (Lipinski definition) is 4. The Morgan fingerprint density at radius 3 is 2.83 bits per heavy atom. The summed E-state index contributed by atoms with van der Waals surface area (Å²) in [6.45, 7) is 1.89. The van der Waals surface area contributed by atoms with Crippen LogP contribution >= 0.6 is 23.2 Å². The third-order valence-corrected chi connectivity index (χ3v) is 4.33. The molecule has 0 fully saturated rings. The first-order chi connectivity index (χ1) is 11.1. The molecule has 116 valence electrons. The first-order valence-corrected chi connectivity index (χ1v) is 7.86. The van der Waals surface area contributed by atoms with Crippen molar-refractivity contribution in [3.63, 3.8) is 0 Å². The molecule has 23 heavy (non-hydrogen) atoms. The summed E-state index contributed by atoms with van der Waals surface area (Å²) in [6, 6.07) is 3.57. The van der Waals surface area contributed by atoms with Crippen molar-refractivity contribution in [3.8, 4) is 0 Å². The average molecular weight is 347 g/mol. The van der Waals surface area contributed by atoms with Gasteiger partial charge in [-0.3, -0.25) is 4.40 Å². The van der Waals surface area contributed by atoms with E-state index in [4.69, 9.17) is 23.2 Å². The van der Waals surface area contributed by atoms with E-state index in [-0.39, 0.29) is 0 Å². The minimum absolute atomic E-state index is 0.497. The smallest absolute Gasteiger partial charge is 0.233 e. The molecule has 0 amide bonds. The van der Waals surface area contributed by atoms with Crippen LogP contribution in [0.25, 0.3) is 11.4 Å². The van der Waals surface area contributed by atoms with Gasteiger partial charge in [-0.2, -0.15) is 5.10 Å².